The third-order valence-corrected chi connectivity index (χ3v) is 6.80. The van der Waals surface area contributed by atoms with E-state index in [1.165, 1.54) is 0 Å². The first-order valence-electron chi connectivity index (χ1n) is 7.56. The fraction of sp³-hybridized carbons (Fsp3) is 0.235. The summed E-state index contributed by atoms with van der Waals surface area (Å²) >= 11 is 1.15. The molecule has 2 aromatic heterocycles. The van der Waals surface area contributed by atoms with Gasteiger partial charge in [0, 0.05) is 12.1 Å². The molecule has 8 heteroatoms. The Morgan fingerprint density at radius 1 is 1.24 bits per heavy atom. The van der Waals surface area contributed by atoms with Crippen molar-refractivity contribution in [3.63, 3.8) is 0 Å². The molecule has 0 saturated heterocycles. The summed E-state index contributed by atoms with van der Waals surface area (Å²) in [5.41, 5.74) is 2.53. The van der Waals surface area contributed by atoms with Gasteiger partial charge in [0.15, 0.2) is 5.76 Å². The van der Waals surface area contributed by atoms with Gasteiger partial charge in [-0.15, -0.1) is 11.3 Å². The highest BCUT2D eigenvalue weighted by molar-refractivity contribution is 7.91. The van der Waals surface area contributed by atoms with Crippen LogP contribution in [0.15, 0.2) is 45.1 Å². The van der Waals surface area contributed by atoms with Crippen molar-refractivity contribution in [3.8, 4) is 16.4 Å². The number of nitrogens with one attached hydrogen (secondary N) is 1. The molecule has 0 aliphatic rings. The number of nitrogens with zero attached hydrogens (tertiary/aromatic N) is 1. The topological polar surface area (TPSA) is 81.4 Å². The molecule has 0 fully saturated rings. The van der Waals surface area contributed by atoms with Gasteiger partial charge < -0.3 is 9.26 Å². The second kappa shape index (κ2) is 6.99. The molecule has 0 aliphatic heterocycles. The number of methoxy groups -OCH3 is 1. The molecule has 132 valence electrons. The van der Waals surface area contributed by atoms with Crippen LogP contribution in [-0.4, -0.2) is 20.7 Å². The van der Waals surface area contributed by atoms with Crippen molar-refractivity contribution in [2.75, 3.05) is 7.11 Å². The molecule has 3 rings (SSSR count). The lowest BCUT2D eigenvalue weighted by atomic mass is 10.2. The van der Waals surface area contributed by atoms with Gasteiger partial charge in [0.1, 0.15) is 9.96 Å². The number of sulfonamides is 1. The van der Waals surface area contributed by atoms with Crippen LogP contribution in [0.2, 0.25) is 0 Å². The minimum atomic E-state index is -3.61. The number of hydrogen-bond acceptors (Lipinski definition) is 6. The van der Waals surface area contributed by atoms with Crippen molar-refractivity contribution in [2.24, 2.45) is 0 Å². The molecule has 0 radical (unpaired) electrons. The van der Waals surface area contributed by atoms with Crippen LogP contribution in [0.3, 0.4) is 0 Å². The van der Waals surface area contributed by atoms with Gasteiger partial charge >= 0.3 is 0 Å². The lowest BCUT2D eigenvalue weighted by Crippen LogP contribution is -2.22. The van der Waals surface area contributed by atoms with Crippen LogP contribution in [0.1, 0.15) is 16.8 Å². The number of aromatic nitrogens is 1. The lowest BCUT2D eigenvalue weighted by molar-refractivity contribution is 0.414. The molecule has 0 unspecified atom stereocenters. The molecule has 1 aromatic carbocycles. The Hall–Kier alpha value is -2.16. The minimum Gasteiger partial charge on any atom is -0.497 e. The number of thiophene rings is 1. The molecule has 0 aliphatic carbocycles. The maximum atomic E-state index is 12.5. The number of hydrogen-bond donors (Lipinski definition) is 1. The summed E-state index contributed by atoms with van der Waals surface area (Å²) in [5.74, 6) is 1.29. The van der Waals surface area contributed by atoms with Gasteiger partial charge in [-0.25, -0.2) is 13.1 Å². The largest absolute Gasteiger partial charge is 0.497 e. The van der Waals surface area contributed by atoms with Gasteiger partial charge in [0.05, 0.1) is 17.7 Å². The van der Waals surface area contributed by atoms with Crippen LogP contribution < -0.4 is 9.46 Å². The highest BCUT2D eigenvalue weighted by Crippen LogP contribution is 2.33. The van der Waals surface area contributed by atoms with Gasteiger partial charge in [-0.3, -0.25) is 0 Å². The van der Waals surface area contributed by atoms with Crippen LogP contribution in [0.5, 0.6) is 5.75 Å². The van der Waals surface area contributed by atoms with Gasteiger partial charge in [0.2, 0.25) is 10.0 Å². The fourth-order valence-corrected chi connectivity index (χ4v) is 4.67. The summed E-state index contributed by atoms with van der Waals surface area (Å²) in [6.07, 6.45) is 0. The zero-order valence-electron chi connectivity index (χ0n) is 14.1. The van der Waals surface area contributed by atoms with Gasteiger partial charge in [-0.1, -0.05) is 17.3 Å². The smallest absolute Gasteiger partial charge is 0.250 e. The summed E-state index contributed by atoms with van der Waals surface area (Å²) in [6.45, 7) is 3.94. The molecule has 3 aromatic rings. The summed E-state index contributed by atoms with van der Waals surface area (Å²) < 4.78 is 38.3. The second-order valence-electron chi connectivity index (χ2n) is 5.52. The Morgan fingerprint density at radius 3 is 2.72 bits per heavy atom. The van der Waals surface area contributed by atoms with Crippen molar-refractivity contribution in [3.05, 3.63) is 53.2 Å². The first kappa shape index (κ1) is 17.7. The van der Waals surface area contributed by atoms with Crippen molar-refractivity contribution < 1.29 is 17.7 Å². The first-order valence-corrected chi connectivity index (χ1v) is 9.86. The van der Waals surface area contributed by atoms with E-state index in [4.69, 9.17) is 9.26 Å². The molecule has 2 heterocycles. The van der Waals surface area contributed by atoms with E-state index in [0.717, 1.165) is 33.0 Å². The van der Waals surface area contributed by atoms with E-state index in [9.17, 15) is 8.42 Å². The van der Waals surface area contributed by atoms with Gasteiger partial charge in [0.25, 0.3) is 0 Å². The molecule has 1 N–H and O–H groups in total. The molecule has 0 bridgehead atoms. The van der Waals surface area contributed by atoms with Crippen molar-refractivity contribution in [1.29, 1.82) is 0 Å². The van der Waals surface area contributed by atoms with E-state index >= 15 is 0 Å². The number of ether oxygens (including phenoxy) is 1. The minimum absolute atomic E-state index is 0.188. The Balaban J connectivity index is 1.77. The standard InChI is InChI=1S/C17H18N2O4S2/c1-11-12(2)19-23-17(11)15-7-8-16(24-15)25(20,21)18-10-13-5-4-6-14(9-13)22-3/h4-9,18H,10H2,1-3H3. The van der Waals surface area contributed by atoms with E-state index in [1.807, 2.05) is 32.0 Å². The van der Waals surface area contributed by atoms with E-state index in [-0.39, 0.29) is 10.8 Å². The molecule has 0 amide bonds. The monoisotopic (exact) mass is 378 g/mol. The first-order chi connectivity index (χ1) is 11.9. The Bertz CT molecular complexity index is 990. The van der Waals surface area contributed by atoms with E-state index in [2.05, 4.69) is 9.88 Å². The highest BCUT2D eigenvalue weighted by atomic mass is 32.2. The van der Waals surface area contributed by atoms with E-state index in [1.54, 1.807) is 25.3 Å². The van der Waals surface area contributed by atoms with Crippen molar-refractivity contribution in [1.82, 2.24) is 9.88 Å². The van der Waals surface area contributed by atoms with Crippen LogP contribution in [0.25, 0.3) is 10.6 Å². The molecule has 0 atom stereocenters. The predicted molar refractivity (Wildman–Crippen MR) is 96.3 cm³/mol. The maximum absolute atomic E-state index is 12.5. The molecule has 0 spiro atoms. The third-order valence-electron chi connectivity index (χ3n) is 3.83. The van der Waals surface area contributed by atoms with Crippen LogP contribution in [0, 0.1) is 13.8 Å². The van der Waals surface area contributed by atoms with Gasteiger partial charge in [-0.2, -0.15) is 0 Å². The Morgan fingerprint density at radius 2 is 2.04 bits per heavy atom. The van der Waals surface area contributed by atoms with Crippen molar-refractivity contribution >= 4 is 21.4 Å². The van der Waals surface area contributed by atoms with Crippen LogP contribution in [-0.2, 0) is 16.6 Å². The fourth-order valence-electron chi connectivity index (χ4n) is 2.26. The summed E-state index contributed by atoms with van der Waals surface area (Å²) in [7, 11) is -2.03. The summed E-state index contributed by atoms with van der Waals surface area (Å²) in [6, 6.07) is 10.6. The normalized spacial score (nSPS) is 11.6. The number of benzene rings is 1. The maximum Gasteiger partial charge on any atom is 0.250 e. The molecule has 0 saturated carbocycles. The zero-order chi connectivity index (χ0) is 18.0. The molecule has 25 heavy (non-hydrogen) atoms. The lowest BCUT2D eigenvalue weighted by Gasteiger charge is -2.06. The molecular formula is C17H18N2O4S2. The average Bonchev–Trinajstić information content (AvgIpc) is 3.22. The third kappa shape index (κ3) is 3.76. The summed E-state index contributed by atoms with van der Waals surface area (Å²) in [5, 5.41) is 3.91. The molecule has 6 nitrogen and oxygen atoms in total. The van der Waals surface area contributed by atoms with Crippen molar-refractivity contribution in [2.45, 2.75) is 24.6 Å². The van der Waals surface area contributed by atoms with Crippen LogP contribution >= 0.6 is 11.3 Å². The SMILES string of the molecule is COc1cccc(CNS(=O)(=O)c2ccc(-c3onc(C)c3C)s2)c1. The van der Waals surface area contributed by atoms with Crippen LogP contribution in [0.4, 0.5) is 0 Å². The average molecular weight is 378 g/mol. The summed E-state index contributed by atoms with van der Waals surface area (Å²) in [4.78, 5) is 0.736. The quantitative estimate of drug-likeness (QED) is 0.710. The Kier molecular flexibility index (Phi) is 4.94. The highest BCUT2D eigenvalue weighted by Gasteiger charge is 2.20. The Labute approximate surface area is 150 Å². The number of aryl methyl sites for hydroxylation is 1. The van der Waals surface area contributed by atoms with E-state index < -0.39 is 10.0 Å². The predicted octanol–water partition coefficient (Wildman–Crippen LogP) is 3.51. The van der Waals surface area contributed by atoms with E-state index in [0.29, 0.717) is 11.5 Å². The number of rotatable bonds is 6. The second-order valence-corrected chi connectivity index (χ2v) is 8.59. The molecular weight excluding hydrogens is 360 g/mol. The van der Waals surface area contributed by atoms with Gasteiger partial charge in [-0.05, 0) is 43.7 Å². The zero-order valence-corrected chi connectivity index (χ0v) is 15.7.